The van der Waals surface area contributed by atoms with Gasteiger partial charge >= 0.3 is 7.12 Å². The van der Waals surface area contributed by atoms with E-state index < -0.39 is 7.12 Å². The minimum absolute atomic E-state index is 0.346. The molecule has 6 heteroatoms. The Morgan fingerprint density at radius 3 is 2.20 bits per heavy atom. The highest BCUT2D eigenvalue weighted by atomic mass is 16.7. The third-order valence-corrected chi connectivity index (χ3v) is 4.00. The van der Waals surface area contributed by atoms with E-state index >= 15 is 0 Å². The lowest BCUT2D eigenvalue weighted by Gasteiger charge is -2.32. The van der Waals surface area contributed by atoms with E-state index in [9.17, 15) is 0 Å². The normalized spacial score (nSPS) is 20.3. The van der Waals surface area contributed by atoms with Crippen LogP contribution in [0.4, 0.5) is 0 Å². The molecule has 3 heterocycles. The summed E-state index contributed by atoms with van der Waals surface area (Å²) in [7, 11) is -0.392. The van der Waals surface area contributed by atoms with Gasteiger partial charge in [0.05, 0.1) is 17.4 Å². The van der Waals surface area contributed by atoms with E-state index in [1.807, 2.05) is 39.8 Å². The average Bonchev–Trinajstić information content (AvgIpc) is 2.97. The molecule has 2 aromatic heterocycles. The third-order valence-electron chi connectivity index (χ3n) is 4.00. The lowest BCUT2D eigenvalue weighted by Crippen LogP contribution is -2.41. The highest BCUT2D eigenvalue weighted by Crippen LogP contribution is 2.36. The van der Waals surface area contributed by atoms with E-state index in [0.717, 1.165) is 11.2 Å². The molecule has 20 heavy (non-hydrogen) atoms. The number of hydrogen-bond donors (Lipinski definition) is 0. The second kappa shape index (κ2) is 4.43. The molecule has 5 nitrogen and oxygen atoms in total. The number of rotatable bonds is 2. The first-order valence-electron chi connectivity index (χ1n) is 6.59. The molecule has 0 spiro atoms. The predicted octanol–water partition coefficient (Wildman–Crippen LogP) is 2.04. The average molecular weight is 272 g/mol. The number of aromatic nitrogens is 2. The summed E-state index contributed by atoms with van der Waals surface area (Å²) in [6, 6.07) is 3.81. The number of nitrogens with zero attached hydrogens (tertiary/aromatic N) is 2. The minimum Gasteiger partial charge on any atom is -0.442 e. The fourth-order valence-electron chi connectivity index (χ4n) is 2.01. The van der Waals surface area contributed by atoms with Gasteiger partial charge in [-0.3, -0.25) is 4.98 Å². The van der Waals surface area contributed by atoms with Crippen LogP contribution in [0.1, 0.15) is 27.7 Å². The van der Waals surface area contributed by atoms with Crippen molar-refractivity contribution < 1.29 is 13.7 Å². The topological polar surface area (TPSA) is 57.4 Å². The van der Waals surface area contributed by atoms with Crippen molar-refractivity contribution in [3.63, 3.8) is 0 Å². The summed E-state index contributed by atoms with van der Waals surface area (Å²) in [5.41, 5.74) is 0.942. The van der Waals surface area contributed by atoms with Gasteiger partial charge in [0.2, 0.25) is 0 Å². The van der Waals surface area contributed by atoms with Crippen LogP contribution < -0.4 is 5.46 Å². The first kappa shape index (κ1) is 13.3. The van der Waals surface area contributed by atoms with Crippen molar-refractivity contribution in [1.82, 2.24) is 9.97 Å². The molecule has 1 saturated heterocycles. The monoisotopic (exact) mass is 272 g/mol. The standard InChI is InChI=1S/C14H17BN2O3/c1-13(2)14(3,4)20-15(19-13)10-5-6-11(17-7-10)12-8-16-9-18-12/h5-9H,1-4H3. The fraction of sp³-hybridized carbons (Fsp3) is 0.429. The largest absolute Gasteiger partial charge is 0.496 e. The van der Waals surface area contributed by atoms with Crippen LogP contribution in [0, 0.1) is 0 Å². The summed E-state index contributed by atoms with van der Waals surface area (Å²) in [4.78, 5) is 8.25. The van der Waals surface area contributed by atoms with Gasteiger partial charge in [-0.1, -0.05) is 6.07 Å². The number of pyridine rings is 1. The Balaban J connectivity index is 1.83. The minimum atomic E-state index is -0.392. The Bertz CT molecular complexity index is 577. The summed E-state index contributed by atoms with van der Waals surface area (Å²) < 4.78 is 17.2. The molecule has 1 fully saturated rings. The summed E-state index contributed by atoms with van der Waals surface area (Å²) in [5.74, 6) is 0.644. The van der Waals surface area contributed by atoms with Crippen LogP contribution in [-0.4, -0.2) is 28.3 Å². The van der Waals surface area contributed by atoms with Crippen LogP contribution in [-0.2, 0) is 9.31 Å². The van der Waals surface area contributed by atoms with E-state index in [1.54, 1.807) is 12.4 Å². The van der Waals surface area contributed by atoms with Gasteiger partial charge in [0, 0.05) is 11.7 Å². The van der Waals surface area contributed by atoms with Gasteiger partial charge < -0.3 is 13.7 Å². The van der Waals surface area contributed by atoms with Crippen LogP contribution in [0.3, 0.4) is 0 Å². The van der Waals surface area contributed by atoms with Crippen molar-refractivity contribution in [2.24, 2.45) is 0 Å². The molecule has 0 aliphatic carbocycles. The molecular weight excluding hydrogens is 255 g/mol. The first-order chi connectivity index (χ1) is 9.39. The van der Waals surface area contributed by atoms with Crippen LogP contribution in [0.15, 0.2) is 35.3 Å². The molecule has 0 atom stereocenters. The van der Waals surface area contributed by atoms with Crippen molar-refractivity contribution in [2.75, 3.05) is 0 Å². The predicted molar refractivity (Wildman–Crippen MR) is 75.5 cm³/mol. The highest BCUT2D eigenvalue weighted by Gasteiger charge is 2.51. The Labute approximate surface area is 118 Å². The van der Waals surface area contributed by atoms with E-state index in [4.69, 9.17) is 13.7 Å². The maximum atomic E-state index is 5.98. The zero-order chi connectivity index (χ0) is 14.4. The number of oxazole rings is 1. The summed E-state index contributed by atoms with van der Waals surface area (Å²) >= 11 is 0. The van der Waals surface area contributed by atoms with Gasteiger partial charge in [-0.15, -0.1) is 0 Å². The summed E-state index contributed by atoms with van der Waals surface area (Å²) in [6.45, 7) is 8.12. The Morgan fingerprint density at radius 2 is 1.70 bits per heavy atom. The van der Waals surface area contributed by atoms with E-state index in [-0.39, 0.29) is 11.2 Å². The molecule has 0 unspecified atom stereocenters. The van der Waals surface area contributed by atoms with Crippen LogP contribution in [0.5, 0.6) is 0 Å². The van der Waals surface area contributed by atoms with Crippen LogP contribution in [0.2, 0.25) is 0 Å². The highest BCUT2D eigenvalue weighted by molar-refractivity contribution is 6.62. The lowest BCUT2D eigenvalue weighted by atomic mass is 9.80. The maximum absolute atomic E-state index is 5.98. The third kappa shape index (κ3) is 2.15. The van der Waals surface area contributed by atoms with Crippen LogP contribution >= 0.6 is 0 Å². The summed E-state index contributed by atoms with van der Waals surface area (Å²) in [6.07, 6.45) is 4.77. The molecule has 104 valence electrons. The van der Waals surface area contributed by atoms with Gasteiger partial charge in [-0.2, -0.15) is 0 Å². The maximum Gasteiger partial charge on any atom is 0.496 e. The van der Waals surface area contributed by atoms with Gasteiger partial charge in [-0.25, -0.2) is 4.98 Å². The zero-order valence-corrected chi connectivity index (χ0v) is 12.1. The Kier molecular flexibility index (Phi) is 2.95. The molecular formula is C14H17BN2O3. The van der Waals surface area contributed by atoms with E-state index in [1.165, 1.54) is 6.39 Å². The van der Waals surface area contributed by atoms with Crippen molar-refractivity contribution in [1.29, 1.82) is 0 Å². The van der Waals surface area contributed by atoms with Gasteiger partial charge in [0.1, 0.15) is 5.69 Å². The lowest BCUT2D eigenvalue weighted by molar-refractivity contribution is 0.00578. The molecule has 0 N–H and O–H groups in total. The molecule has 0 radical (unpaired) electrons. The van der Waals surface area contributed by atoms with Gasteiger partial charge in [-0.05, 0) is 33.8 Å². The number of hydrogen-bond acceptors (Lipinski definition) is 5. The quantitative estimate of drug-likeness (QED) is 0.783. The fourth-order valence-corrected chi connectivity index (χ4v) is 2.01. The second-order valence-corrected chi connectivity index (χ2v) is 5.93. The molecule has 1 aliphatic rings. The molecule has 0 amide bonds. The SMILES string of the molecule is CC1(C)OB(c2ccc(-c3cnco3)nc2)OC1(C)C. The molecule has 1 aliphatic heterocycles. The molecule has 0 aromatic carbocycles. The van der Waals surface area contributed by atoms with E-state index in [2.05, 4.69) is 9.97 Å². The molecule has 3 rings (SSSR count). The van der Waals surface area contributed by atoms with E-state index in [0.29, 0.717) is 5.76 Å². The second-order valence-electron chi connectivity index (χ2n) is 5.93. The van der Waals surface area contributed by atoms with Gasteiger partial charge in [0.15, 0.2) is 12.2 Å². The van der Waals surface area contributed by atoms with Crippen molar-refractivity contribution in [3.05, 3.63) is 30.9 Å². The van der Waals surface area contributed by atoms with Crippen LogP contribution in [0.25, 0.3) is 11.5 Å². The Hall–Kier alpha value is -1.66. The summed E-state index contributed by atoms with van der Waals surface area (Å²) in [5, 5.41) is 0. The molecule has 2 aromatic rings. The Morgan fingerprint density at radius 1 is 1.00 bits per heavy atom. The molecule has 0 bridgehead atoms. The van der Waals surface area contributed by atoms with Gasteiger partial charge in [0.25, 0.3) is 0 Å². The first-order valence-corrected chi connectivity index (χ1v) is 6.59. The smallest absolute Gasteiger partial charge is 0.442 e. The van der Waals surface area contributed by atoms with Crippen molar-refractivity contribution in [3.8, 4) is 11.5 Å². The van der Waals surface area contributed by atoms with Crippen molar-refractivity contribution >= 4 is 12.6 Å². The molecule has 0 saturated carbocycles. The zero-order valence-electron chi connectivity index (χ0n) is 12.1. The van der Waals surface area contributed by atoms with Crippen molar-refractivity contribution in [2.45, 2.75) is 38.9 Å².